The topological polar surface area (TPSA) is 21.8 Å². The van der Waals surface area contributed by atoms with Crippen LogP contribution in [-0.2, 0) is 9.47 Å². The number of hydrogen-bond acceptors (Lipinski definition) is 2. The van der Waals surface area contributed by atoms with Gasteiger partial charge in [0.1, 0.15) is 0 Å². The zero-order chi connectivity index (χ0) is 7.45. The summed E-state index contributed by atoms with van der Waals surface area (Å²) in [7, 11) is 0. The highest BCUT2D eigenvalue weighted by atomic mass is 16.6. The fraction of sp³-hybridized carbons (Fsp3) is 1.00. The van der Waals surface area contributed by atoms with Gasteiger partial charge in [-0.15, -0.1) is 0 Å². The number of epoxide rings is 1. The van der Waals surface area contributed by atoms with Crippen molar-refractivity contribution in [3.63, 3.8) is 0 Å². The summed E-state index contributed by atoms with van der Waals surface area (Å²) in [5.41, 5.74) is 0.174. The highest BCUT2D eigenvalue weighted by molar-refractivity contribution is 4.86. The van der Waals surface area contributed by atoms with Gasteiger partial charge in [0.15, 0.2) is 0 Å². The maximum Gasteiger partial charge on any atom is 0.0910 e. The van der Waals surface area contributed by atoms with Gasteiger partial charge in [0.25, 0.3) is 0 Å². The van der Waals surface area contributed by atoms with E-state index in [2.05, 4.69) is 13.8 Å². The van der Waals surface area contributed by atoms with Crippen molar-refractivity contribution in [2.45, 2.75) is 32.3 Å². The Balaban J connectivity index is 1.86. The van der Waals surface area contributed by atoms with Crippen molar-refractivity contribution in [1.82, 2.24) is 0 Å². The molecule has 0 aliphatic carbocycles. The minimum absolute atomic E-state index is 0.174. The van der Waals surface area contributed by atoms with E-state index in [1.54, 1.807) is 0 Å². The van der Waals surface area contributed by atoms with Crippen LogP contribution in [-0.4, -0.2) is 25.4 Å². The van der Waals surface area contributed by atoms with Crippen LogP contribution in [0.15, 0.2) is 0 Å². The second kappa shape index (κ2) is 3.35. The van der Waals surface area contributed by atoms with Crippen LogP contribution in [0.5, 0.6) is 0 Å². The molecule has 10 heavy (non-hydrogen) atoms. The van der Waals surface area contributed by atoms with E-state index >= 15 is 0 Å². The number of ether oxygens (including phenoxy) is 2. The van der Waals surface area contributed by atoms with Gasteiger partial charge in [-0.1, -0.05) is 6.92 Å². The molecular formula is C8H16O2. The van der Waals surface area contributed by atoms with Gasteiger partial charge in [0.05, 0.1) is 12.2 Å². The van der Waals surface area contributed by atoms with Crippen LogP contribution in [0.25, 0.3) is 0 Å². The minimum atomic E-state index is 0.174. The molecule has 1 fully saturated rings. The smallest absolute Gasteiger partial charge is 0.0910 e. The van der Waals surface area contributed by atoms with Crippen molar-refractivity contribution in [2.24, 2.45) is 0 Å². The third-order valence-electron chi connectivity index (χ3n) is 1.76. The lowest BCUT2D eigenvalue weighted by molar-refractivity contribution is 0.114. The van der Waals surface area contributed by atoms with Gasteiger partial charge >= 0.3 is 0 Å². The molecule has 0 amide bonds. The maximum absolute atomic E-state index is 5.32. The average Bonchev–Trinajstić information content (AvgIpc) is 2.62. The molecule has 1 aliphatic heterocycles. The summed E-state index contributed by atoms with van der Waals surface area (Å²) in [6, 6.07) is 0. The Bertz CT molecular complexity index is 97.4. The van der Waals surface area contributed by atoms with Crippen molar-refractivity contribution in [3.8, 4) is 0 Å². The standard InChI is InChI=1S/C8H16O2/c1-3-5-9-6-4-8(2)7-10-8/h3-7H2,1-2H3/t8-/m1/s1. The fourth-order valence-electron chi connectivity index (χ4n) is 0.802. The molecule has 0 bridgehead atoms. The average molecular weight is 144 g/mol. The molecule has 0 aromatic rings. The Morgan fingerprint density at radius 3 is 2.70 bits per heavy atom. The van der Waals surface area contributed by atoms with Gasteiger partial charge in [0, 0.05) is 19.6 Å². The monoisotopic (exact) mass is 144 g/mol. The zero-order valence-electron chi connectivity index (χ0n) is 6.85. The first-order chi connectivity index (χ1) is 4.77. The van der Waals surface area contributed by atoms with Crippen LogP contribution in [0.4, 0.5) is 0 Å². The van der Waals surface area contributed by atoms with Crippen LogP contribution in [0, 0.1) is 0 Å². The van der Waals surface area contributed by atoms with E-state index in [0.29, 0.717) is 0 Å². The highest BCUT2D eigenvalue weighted by Crippen LogP contribution is 2.29. The van der Waals surface area contributed by atoms with Crippen LogP contribution >= 0.6 is 0 Å². The molecule has 0 saturated carbocycles. The van der Waals surface area contributed by atoms with E-state index in [4.69, 9.17) is 9.47 Å². The van der Waals surface area contributed by atoms with Gasteiger partial charge < -0.3 is 9.47 Å². The summed E-state index contributed by atoms with van der Waals surface area (Å²) in [4.78, 5) is 0. The molecule has 1 rings (SSSR count). The molecule has 1 atom stereocenters. The second-order valence-corrected chi connectivity index (χ2v) is 3.10. The molecule has 60 valence electrons. The van der Waals surface area contributed by atoms with Crippen molar-refractivity contribution in [3.05, 3.63) is 0 Å². The van der Waals surface area contributed by atoms with Crippen molar-refractivity contribution in [1.29, 1.82) is 0 Å². The van der Waals surface area contributed by atoms with E-state index in [1.165, 1.54) is 0 Å². The third kappa shape index (κ3) is 2.67. The van der Waals surface area contributed by atoms with E-state index in [9.17, 15) is 0 Å². The first kappa shape index (κ1) is 8.02. The summed E-state index contributed by atoms with van der Waals surface area (Å²) in [5, 5.41) is 0. The molecule has 2 heteroatoms. The largest absolute Gasteiger partial charge is 0.381 e. The molecule has 1 saturated heterocycles. The van der Waals surface area contributed by atoms with Gasteiger partial charge in [-0.05, 0) is 13.3 Å². The molecule has 0 unspecified atom stereocenters. The van der Waals surface area contributed by atoms with Crippen molar-refractivity contribution in [2.75, 3.05) is 19.8 Å². The lowest BCUT2D eigenvalue weighted by Gasteiger charge is -2.04. The Morgan fingerprint density at radius 1 is 1.50 bits per heavy atom. The van der Waals surface area contributed by atoms with Crippen molar-refractivity contribution < 1.29 is 9.47 Å². The normalized spacial score (nSPS) is 30.6. The van der Waals surface area contributed by atoms with Crippen LogP contribution in [0.2, 0.25) is 0 Å². The van der Waals surface area contributed by atoms with E-state index < -0.39 is 0 Å². The maximum atomic E-state index is 5.32. The first-order valence-electron chi connectivity index (χ1n) is 3.98. The van der Waals surface area contributed by atoms with Crippen LogP contribution in [0.3, 0.4) is 0 Å². The van der Waals surface area contributed by atoms with Gasteiger partial charge in [0.2, 0.25) is 0 Å². The summed E-state index contributed by atoms with van der Waals surface area (Å²) < 4.78 is 10.5. The first-order valence-corrected chi connectivity index (χ1v) is 3.98. The van der Waals surface area contributed by atoms with E-state index in [0.717, 1.165) is 32.7 Å². The Morgan fingerprint density at radius 2 is 2.20 bits per heavy atom. The predicted octanol–water partition coefficient (Wildman–Crippen LogP) is 1.59. The molecule has 1 heterocycles. The molecule has 0 spiro atoms. The molecular weight excluding hydrogens is 128 g/mol. The van der Waals surface area contributed by atoms with Crippen LogP contribution < -0.4 is 0 Å². The third-order valence-corrected chi connectivity index (χ3v) is 1.76. The summed E-state index contributed by atoms with van der Waals surface area (Å²) in [6.07, 6.45) is 2.16. The lowest BCUT2D eigenvalue weighted by Crippen LogP contribution is -2.09. The molecule has 1 aliphatic rings. The molecule has 0 radical (unpaired) electrons. The molecule has 2 nitrogen and oxygen atoms in total. The molecule has 0 aromatic heterocycles. The predicted molar refractivity (Wildman–Crippen MR) is 40.1 cm³/mol. The van der Waals surface area contributed by atoms with Crippen molar-refractivity contribution >= 4 is 0 Å². The second-order valence-electron chi connectivity index (χ2n) is 3.10. The summed E-state index contributed by atoms with van der Waals surface area (Å²) >= 11 is 0. The fourth-order valence-corrected chi connectivity index (χ4v) is 0.802. The Hall–Kier alpha value is -0.0800. The Kier molecular flexibility index (Phi) is 2.69. The summed E-state index contributed by atoms with van der Waals surface area (Å²) in [5.74, 6) is 0. The van der Waals surface area contributed by atoms with Crippen LogP contribution in [0.1, 0.15) is 26.7 Å². The van der Waals surface area contributed by atoms with E-state index in [1.807, 2.05) is 0 Å². The summed E-state index contributed by atoms with van der Waals surface area (Å²) in [6.45, 7) is 6.90. The van der Waals surface area contributed by atoms with Gasteiger partial charge in [-0.25, -0.2) is 0 Å². The lowest BCUT2D eigenvalue weighted by atomic mass is 10.1. The minimum Gasteiger partial charge on any atom is -0.381 e. The zero-order valence-corrected chi connectivity index (χ0v) is 6.85. The number of hydrogen-bond donors (Lipinski definition) is 0. The SMILES string of the molecule is CCCOCC[C@]1(C)CO1. The molecule has 0 N–H and O–H groups in total. The Labute approximate surface area is 62.5 Å². The highest BCUT2D eigenvalue weighted by Gasteiger charge is 2.38. The molecule has 0 aromatic carbocycles. The van der Waals surface area contributed by atoms with Gasteiger partial charge in [-0.3, -0.25) is 0 Å². The van der Waals surface area contributed by atoms with Gasteiger partial charge in [-0.2, -0.15) is 0 Å². The number of rotatable bonds is 5. The van der Waals surface area contributed by atoms with E-state index in [-0.39, 0.29) is 5.60 Å². The quantitative estimate of drug-likeness (QED) is 0.432.